The third-order valence-electron chi connectivity index (χ3n) is 7.68. The summed E-state index contributed by atoms with van der Waals surface area (Å²) in [5.41, 5.74) is 1.67. The first-order valence-electron chi connectivity index (χ1n) is 14.4. The summed E-state index contributed by atoms with van der Waals surface area (Å²) in [5.74, 6) is -1.61. The third-order valence-corrected chi connectivity index (χ3v) is 7.68. The van der Waals surface area contributed by atoms with Gasteiger partial charge >= 0.3 is 12.1 Å². The Labute approximate surface area is 247 Å². The molecule has 10 heteroatoms. The highest BCUT2D eigenvalue weighted by atomic mass is 16.6. The highest BCUT2D eigenvalue weighted by molar-refractivity contribution is 5.94. The Kier molecular flexibility index (Phi) is 9.88. The number of amides is 3. The number of fused-ring (bicyclic) bond motifs is 1. The Morgan fingerprint density at radius 2 is 1.67 bits per heavy atom. The molecule has 0 aliphatic carbocycles. The highest BCUT2D eigenvalue weighted by Crippen LogP contribution is 2.36. The fraction of sp³-hybridized carbons (Fsp3) is 0.500. The lowest BCUT2D eigenvalue weighted by Crippen LogP contribution is -2.57. The fourth-order valence-electron chi connectivity index (χ4n) is 5.21. The van der Waals surface area contributed by atoms with Crippen LogP contribution in [-0.4, -0.2) is 71.6 Å². The van der Waals surface area contributed by atoms with Crippen LogP contribution < -0.4 is 5.32 Å². The average molecular weight is 580 g/mol. The number of carbonyl (C=O) groups excluding carboxylic acids is 4. The number of likely N-dealkylation sites (N-methyl/N-ethyl adjacent to an activating group) is 1. The molecule has 3 atom stereocenters. The number of hydrogen-bond acceptors (Lipinski definition) is 7. The molecule has 0 spiro atoms. The van der Waals surface area contributed by atoms with E-state index in [0.717, 1.165) is 11.1 Å². The molecule has 3 amide bonds. The van der Waals surface area contributed by atoms with E-state index in [2.05, 4.69) is 5.32 Å². The van der Waals surface area contributed by atoms with Crippen molar-refractivity contribution >= 4 is 23.9 Å². The van der Waals surface area contributed by atoms with E-state index in [-0.39, 0.29) is 25.0 Å². The van der Waals surface area contributed by atoms with Crippen LogP contribution in [0.4, 0.5) is 4.79 Å². The normalized spacial score (nSPS) is 18.4. The first-order chi connectivity index (χ1) is 20.0. The van der Waals surface area contributed by atoms with Crippen molar-refractivity contribution < 1.29 is 33.4 Å². The molecule has 0 radical (unpaired) electrons. The topological polar surface area (TPSA) is 114 Å². The second-order valence-electron chi connectivity index (χ2n) is 11.9. The number of esters is 1. The van der Waals surface area contributed by atoms with Gasteiger partial charge in [-0.2, -0.15) is 0 Å². The monoisotopic (exact) mass is 579 g/mol. The van der Waals surface area contributed by atoms with E-state index < -0.39 is 41.7 Å². The molecule has 226 valence electrons. The van der Waals surface area contributed by atoms with Gasteiger partial charge in [0.05, 0.1) is 0 Å². The number of rotatable bonds is 8. The molecule has 1 unspecified atom stereocenters. The Morgan fingerprint density at radius 3 is 2.33 bits per heavy atom. The minimum Gasteiger partial charge on any atom is -0.459 e. The second kappa shape index (κ2) is 13.4. The number of hydrogen-bond donors (Lipinski definition) is 1. The molecule has 1 fully saturated rings. The van der Waals surface area contributed by atoms with Gasteiger partial charge in [0, 0.05) is 26.8 Å². The summed E-state index contributed by atoms with van der Waals surface area (Å²) in [6, 6.07) is 14.0. The summed E-state index contributed by atoms with van der Waals surface area (Å²) in [4.78, 5) is 56.6. The van der Waals surface area contributed by atoms with E-state index in [1.807, 2.05) is 54.6 Å². The lowest BCUT2D eigenvalue weighted by atomic mass is 9.90. The number of benzene rings is 2. The number of ether oxygens (including phenoxy) is 3. The predicted molar refractivity (Wildman–Crippen MR) is 155 cm³/mol. The lowest BCUT2D eigenvalue weighted by Gasteiger charge is -2.35. The molecule has 10 nitrogen and oxygen atoms in total. The zero-order valence-corrected chi connectivity index (χ0v) is 25.0. The van der Waals surface area contributed by atoms with Crippen LogP contribution in [0, 0.1) is 5.92 Å². The van der Waals surface area contributed by atoms with Crippen LogP contribution >= 0.6 is 0 Å². The summed E-state index contributed by atoms with van der Waals surface area (Å²) in [6.07, 6.45) is 0.489. The van der Waals surface area contributed by atoms with Gasteiger partial charge < -0.3 is 24.4 Å². The molecule has 0 saturated carbocycles. The molecule has 0 aromatic heterocycles. The van der Waals surface area contributed by atoms with Crippen molar-refractivity contribution in [1.82, 2.24) is 15.1 Å². The van der Waals surface area contributed by atoms with Gasteiger partial charge in [0.25, 0.3) is 0 Å². The molecule has 1 saturated heterocycles. The molecular weight excluding hydrogens is 538 g/mol. The Hall–Kier alpha value is -3.92. The van der Waals surface area contributed by atoms with Crippen molar-refractivity contribution in [1.29, 1.82) is 0 Å². The molecule has 2 heterocycles. The predicted octanol–water partition coefficient (Wildman–Crippen LogP) is 3.98. The molecule has 1 N–H and O–H groups in total. The van der Waals surface area contributed by atoms with Crippen molar-refractivity contribution in [2.45, 2.75) is 77.4 Å². The standard InChI is InChI=1S/C32H41N3O7/c1-21(34(5)31(39)42-32(2,3)4)28(36)33-26(23-15-17-40-18-16-23)29(37)35-19-24-13-9-10-14-25(24)27(35)30(38)41-20-22-11-7-6-8-12-22/h6-14,21,23,26-27H,15-20H2,1-5H3,(H,33,36)/t21-,26?,27-/m0/s1. The van der Waals surface area contributed by atoms with Crippen LogP contribution in [-0.2, 0) is 41.7 Å². The van der Waals surface area contributed by atoms with Crippen LogP contribution in [0.25, 0.3) is 0 Å². The quantitative estimate of drug-likeness (QED) is 0.471. The minimum absolute atomic E-state index is 0.0784. The average Bonchev–Trinajstić information content (AvgIpc) is 3.37. The Morgan fingerprint density at radius 1 is 1.02 bits per heavy atom. The van der Waals surface area contributed by atoms with Crippen LogP contribution in [0.3, 0.4) is 0 Å². The van der Waals surface area contributed by atoms with Gasteiger partial charge in [0.15, 0.2) is 6.04 Å². The second-order valence-corrected chi connectivity index (χ2v) is 11.9. The van der Waals surface area contributed by atoms with Gasteiger partial charge in [-0.05, 0) is 63.1 Å². The molecule has 4 rings (SSSR count). The number of nitrogens with zero attached hydrogens (tertiary/aromatic N) is 2. The highest BCUT2D eigenvalue weighted by Gasteiger charge is 2.44. The van der Waals surface area contributed by atoms with Gasteiger partial charge in [0.2, 0.25) is 11.8 Å². The Bertz CT molecular complexity index is 1270. The van der Waals surface area contributed by atoms with E-state index in [4.69, 9.17) is 14.2 Å². The zero-order valence-electron chi connectivity index (χ0n) is 25.0. The smallest absolute Gasteiger partial charge is 0.410 e. The lowest BCUT2D eigenvalue weighted by molar-refractivity contribution is -0.158. The third kappa shape index (κ3) is 7.47. The van der Waals surface area contributed by atoms with Crippen molar-refractivity contribution in [2.75, 3.05) is 20.3 Å². The SMILES string of the molecule is C[C@@H](C(=O)NC(C(=O)N1Cc2ccccc2[C@H]1C(=O)OCc1ccccc1)C1CCOCC1)N(C)C(=O)OC(C)(C)C. The van der Waals surface area contributed by atoms with Crippen molar-refractivity contribution in [2.24, 2.45) is 5.92 Å². The van der Waals surface area contributed by atoms with Gasteiger partial charge in [-0.25, -0.2) is 9.59 Å². The molecule has 2 aromatic rings. The molecule has 42 heavy (non-hydrogen) atoms. The van der Waals surface area contributed by atoms with Gasteiger partial charge in [-0.1, -0.05) is 54.6 Å². The largest absolute Gasteiger partial charge is 0.459 e. The van der Waals surface area contributed by atoms with E-state index in [1.54, 1.807) is 27.7 Å². The molecule has 2 aliphatic heterocycles. The number of nitrogens with one attached hydrogen (secondary N) is 1. The van der Waals surface area contributed by atoms with E-state index in [9.17, 15) is 19.2 Å². The molecule has 0 bridgehead atoms. The summed E-state index contributed by atoms with van der Waals surface area (Å²) in [6.45, 7) is 8.04. The minimum atomic E-state index is -0.946. The van der Waals surface area contributed by atoms with Crippen LogP contribution in [0.5, 0.6) is 0 Å². The summed E-state index contributed by atoms with van der Waals surface area (Å²) >= 11 is 0. The van der Waals surface area contributed by atoms with Crippen molar-refractivity contribution in [3.05, 3.63) is 71.3 Å². The van der Waals surface area contributed by atoms with Crippen LogP contribution in [0.2, 0.25) is 0 Å². The van der Waals surface area contributed by atoms with Crippen molar-refractivity contribution in [3.8, 4) is 0 Å². The Balaban J connectivity index is 1.56. The van der Waals surface area contributed by atoms with Gasteiger partial charge in [-0.15, -0.1) is 0 Å². The van der Waals surface area contributed by atoms with Crippen LogP contribution in [0.15, 0.2) is 54.6 Å². The molecule has 2 aliphatic rings. The fourth-order valence-corrected chi connectivity index (χ4v) is 5.21. The maximum Gasteiger partial charge on any atom is 0.410 e. The van der Waals surface area contributed by atoms with Gasteiger partial charge in [0.1, 0.15) is 24.3 Å². The summed E-state index contributed by atoms with van der Waals surface area (Å²) in [7, 11) is 1.49. The molecule has 2 aromatic carbocycles. The summed E-state index contributed by atoms with van der Waals surface area (Å²) in [5, 5.41) is 2.92. The zero-order chi connectivity index (χ0) is 30.4. The van der Waals surface area contributed by atoms with Crippen molar-refractivity contribution in [3.63, 3.8) is 0 Å². The van der Waals surface area contributed by atoms with Gasteiger partial charge in [-0.3, -0.25) is 14.5 Å². The maximum absolute atomic E-state index is 14.3. The molecular formula is C32H41N3O7. The summed E-state index contributed by atoms with van der Waals surface area (Å²) < 4.78 is 16.6. The number of carbonyl (C=O) groups is 4. The van der Waals surface area contributed by atoms with Crippen LogP contribution in [0.1, 0.15) is 63.3 Å². The first-order valence-corrected chi connectivity index (χ1v) is 14.4. The van der Waals surface area contributed by atoms with E-state index >= 15 is 0 Å². The van der Waals surface area contributed by atoms with E-state index in [0.29, 0.717) is 31.6 Å². The first kappa shape index (κ1) is 31.0. The van der Waals surface area contributed by atoms with E-state index in [1.165, 1.54) is 16.8 Å². The maximum atomic E-state index is 14.3.